The van der Waals surface area contributed by atoms with Gasteiger partial charge in [-0.05, 0) is 43.8 Å². The molecule has 1 saturated heterocycles. The van der Waals surface area contributed by atoms with Crippen LogP contribution in [0, 0.1) is 5.92 Å². The Kier molecular flexibility index (Phi) is 6.02. The molecule has 0 amide bonds. The molecule has 0 radical (unpaired) electrons. The number of hydrogen-bond donors (Lipinski definition) is 1. The molecule has 2 N–H and O–H groups in total. The van der Waals surface area contributed by atoms with Crippen molar-refractivity contribution >= 4 is 0 Å². The van der Waals surface area contributed by atoms with Crippen LogP contribution < -0.4 is 5.73 Å². The van der Waals surface area contributed by atoms with E-state index in [4.69, 9.17) is 10.5 Å². The Morgan fingerprint density at radius 3 is 2.45 bits per heavy atom. The minimum absolute atomic E-state index is 0.111. The summed E-state index contributed by atoms with van der Waals surface area (Å²) in [7, 11) is 1.80. The lowest BCUT2D eigenvalue weighted by Crippen LogP contribution is -2.46. The monoisotopic (exact) mass is 276 g/mol. The molecule has 2 rings (SSSR count). The molecule has 0 aliphatic carbocycles. The van der Waals surface area contributed by atoms with Crippen molar-refractivity contribution in [1.29, 1.82) is 0 Å². The predicted molar refractivity (Wildman–Crippen MR) is 83.6 cm³/mol. The van der Waals surface area contributed by atoms with Gasteiger partial charge in [-0.3, -0.25) is 4.90 Å². The number of likely N-dealkylation sites (tertiary alicyclic amines) is 1. The SMILES string of the molecule is CCC(C(N)c1ccccc1)N1CCC(COC)CC1. The maximum absolute atomic E-state index is 6.51. The van der Waals surface area contributed by atoms with Gasteiger partial charge in [0.2, 0.25) is 0 Å². The van der Waals surface area contributed by atoms with Crippen molar-refractivity contribution in [1.82, 2.24) is 4.90 Å². The quantitative estimate of drug-likeness (QED) is 0.868. The van der Waals surface area contributed by atoms with Crippen LogP contribution in [0.5, 0.6) is 0 Å². The maximum Gasteiger partial charge on any atom is 0.0491 e. The van der Waals surface area contributed by atoms with Gasteiger partial charge < -0.3 is 10.5 Å². The average Bonchev–Trinajstić information content (AvgIpc) is 2.51. The van der Waals surface area contributed by atoms with E-state index in [2.05, 4.69) is 36.1 Å². The van der Waals surface area contributed by atoms with Crippen molar-refractivity contribution in [3.63, 3.8) is 0 Å². The molecule has 1 aliphatic heterocycles. The standard InChI is InChI=1S/C17H28N2O/c1-3-16(17(18)15-7-5-4-6-8-15)19-11-9-14(10-12-19)13-20-2/h4-8,14,16-17H,3,9-13,18H2,1-2H3. The highest BCUT2D eigenvalue weighted by atomic mass is 16.5. The van der Waals surface area contributed by atoms with Gasteiger partial charge in [-0.1, -0.05) is 37.3 Å². The molecule has 1 aromatic carbocycles. The summed E-state index contributed by atoms with van der Waals surface area (Å²) in [6.45, 7) is 5.43. The lowest BCUT2D eigenvalue weighted by molar-refractivity contribution is 0.0708. The van der Waals surface area contributed by atoms with Crippen LogP contribution in [-0.4, -0.2) is 37.7 Å². The van der Waals surface area contributed by atoms with E-state index in [1.807, 2.05) is 6.07 Å². The van der Waals surface area contributed by atoms with E-state index in [0.29, 0.717) is 6.04 Å². The minimum Gasteiger partial charge on any atom is -0.384 e. The molecule has 0 aromatic heterocycles. The molecule has 20 heavy (non-hydrogen) atoms. The summed E-state index contributed by atoms with van der Waals surface area (Å²) >= 11 is 0. The first-order valence-electron chi connectivity index (χ1n) is 7.79. The van der Waals surface area contributed by atoms with Gasteiger partial charge in [0.1, 0.15) is 0 Å². The van der Waals surface area contributed by atoms with E-state index < -0.39 is 0 Å². The molecule has 112 valence electrons. The van der Waals surface area contributed by atoms with Crippen molar-refractivity contribution in [2.75, 3.05) is 26.8 Å². The smallest absolute Gasteiger partial charge is 0.0491 e. The van der Waals surface area contributed by atoms with Gasteiger partial charge >= 0.3 is 0 Å². The second-order valence-corrected chi connectivity index (χ2v) is 5.85. The van der Waals surface area contributed by atoms with Crippen LogP contribution in [-0.2, 0) is 4.74 Å². The molecule has 2 atom stereocenters. The third-order valence-corrected chi connectivity index (χ3v) is 4.54. The van der Waals surface area contributed by atoms with Gasteiger partial charge in [-0.2, -0.15) is 0 Å². The molecule has 2 unspecified atom stereocenters. The summed E-state index contributed by atoms with van der Waals surface area (Å²) in [4.78, 5) is 2.57. The number of methoxy groups -OCH3 is 1. The fourth-order valence-corrected chi connectivity index (χ4v) is 3.32. The molecule has 3 heteroatoms. The second-order valence-electron chi connectivity index (χ2n) is 5.85. The Labute approximate surface area is 123 Å². The van der Waals surface area contributed by atoms with E-state index in [-0.39, 0.29) is 6.04 Å². The van der Waals surface area contributed by atoms with Crippen LogP contribution in [0.4, 0.5) is 0 Å². The molecular formula is C17H28N2O. The van der Waals surface area contributed by atoms with E-state index in [1.165, 1.54) is 18.4 Å². The molecule has 3 nitrogen and oxygen atoms in total. The fraction of sp³-hybridized carbons (Fsp3) is 0.647. The number of piperidine rings is 1. The number of nitrogens with two attached hydrogens (primary N) is 1. The Morgan fingerprint density at radius 2 is 1.90 bits per heavy atom. The van der Waals surface area contributed by atoms with Crippen LogP contribution in [0.15, 0.2) is 30.3 Å². The first-order valence-corrected chi connectivity index (χ1v) is 7.79. The first-order chi connectivity index (χ1) is 9.76. The number of rotatable bonds is 6. The lowest BCUT2D eigenvalue weighted by Gasteiger charge is -2.39. The molecule has 1 aliphatic rings. The van der Waals surface area contributed by atoms with Crippen molar-refractivity contribution in [2.45, 2.75) is 38.3 Å². The largest absolute Gasteiger partial charge is 0.384 e. The van der Waals surface area contributed by atoms with E-state index in [9.17, 15) is 0 Å². The maximum atomic E-state index is 6.51. The summed E-state index contributed by atoms with van der Waals surface area (Å²) in [6.07, 6.45) is 3.56. The van der Waals surface area contributed by atoms with Crippen LogP contribution in [0.3, 0.4) is 0 Å². The topological polar surface area (TPSA) is 38.5 Å². The first kappa shape index (κ1) is 15.5. The van der Waals surface area contributed by atoms with Crippen LogP contribution in [0.25, 0.3) is 0 Å². The summed E-state index contributed by atoms with van der Waals surface area (Å²) in [6, 6.07) is 11.0. The van der Waals surface area contributed by atoms with Gasteiger partial charge in [0.05, 0.1) is 0 Å². The zero-order chi connectivity index (χ0) is 14.4. The van der Waals surface area contributed by atoms with E-state index in [1.54, 1.807) is 7.11 Å². The third kappa shape index (κ3) is 3.81. The molecule has 1 fully saturated rings. The highest BCUT2D eigenvalue weighted by molar-refractivity contribution is 5.20. The lowest BCUT2D eigenvalue weighted by atomic mass is 9.92. The zero-order valence-electron chi connectivity index (χ0n) is 12.8. The third-order valence-electron chi connectivity index (χ3n) is 4.54. The fourth-order valence-electron chi connectivity index (χ4n) is 3.32. The Bertz CT molecular complexity index is 374. The summed E-state index contributed by atoms with van der Waals surface area (Å²) in [5.74, 6) is 0.724. The van der Waals surface area contributed by atoms with E-state index >= 15 is 0 Å². The summed E-state index contributed by atoms with van der Waals surface area (Å²) in [5, 5.41) is 0. The van der Waals surface area contributed by atoms with Gasteiger partial charge in [0.25, 0.3) is 0 Å². The highest BCUT2D eigenvalue weighted by Crippen LogP contribution is 2.26. The van der Waals surface area contributed by atoms with E-state index in [0.717, 1.165) is 32.0 Å². The predicted octanol–water partition coefficient (Wildman–Crippen LogP) is 2.82. The molecule has 1 heterocycles. The molecule has 0 spiro atoms. The Balaban J connectivity index is 1.95. The number of benzene rings is 1. The number of ether oxygens (including phenoxy) is 1. The highest BCUT2D eigenvalue weighted by Gasteiger charge is 2.28. The molecule has 0 saturated carbocycles. The summed E-state index contributed by atoms with van der Waals surface area (Å²) in [5.41, 5.74) is 7.76. The molecule has 0 bridgehead atoms. The molecule has 1 aromatic rings. The average molecular weight is 276 g/mol. The van der Waals surface area contributed by atoms with Crippen molar-refractivity contribution in [2.24, 2.45) is 11.7 Å². The van der Waals surface area contributed by atoms with Crippen LogP contribution in [0.1, 0.15) is 37.8 Å². The van der Waals surface area contributed by atoms with Crippen molar-refractivity contribution < 1.29 is 4.74 Å². The van der Waals surface area contributed by atoms with Gasteiger partial charge in [0.15, 0.2) is 0 Å². The van der Waals surface area contributed by atoms with Gasteiger partial charge in [0, 0.05) is 25.8 Å². The molecular weight excluding hydrogens is 248 g/mol. The van der Waals surface area contributed by atoms with Crippen molar-refractivity contribution in [3.05, 3.63) is 35.9 Å². The van der Waals surface area contributed by atoms with Gasteiger partial charge in [-0.25, -0.2) is 0 Å². The number of nitrogens with zero attached hydrogens (tertiary/aromatic N) is 1. The van der Waals surface area contributed by atoms with Crippen LogP contribution >= 0.6 is 0 Å². The zero-order valence-corrected chi connectivity index (χ0v) is 12.8. The normalized spacial score (nSPS) is 20.8. The number of hydrogen-bond acceptors (Lipinski definition) is 3. The van der Waals surface area contributed by atoms with Crippen molar-refractivity contribution in [3.8, 4) is 0 Å². The minimum atomic E-state index is 0.111. The summed E-state index contributed by atoms with van der Waals surface area (Å²) < 4.78 is 5.28. The Hall–Kier alpha value is -0.900. The Morgan fingerprint density at radius 1 is 1.25 bits per heavy atom. The van der Waals surface area contributed by atoms with Gasteiger partial charge in [-0.15, -0.1) is 0 Å². The van der Waals surface area contributed by atoms with Crippen LogP contribution in [0.2, 0.25) is 0 Å². The second kappa shape index (κ2) is 7.77.